The first-order valence-electron chi connectivity index (χ1n) is 7.29. The third-order valence-corrected chi connectivity index (χ3v) is 5.66. The number of carboxylic acid groups (broad SMARTS) is 1. The number of aryl methyl sites for hydroxylation is 1. The molecule has 2 aromatic heterocycles. The van der Waals surface area contributed by atoms with Gasteiger partial charge in [0, 0.05) is 23.2 Å². The molecule has 0 aliphatic heterocycles. The van der Waals surface area contributed by atoms with Crippen LogP contribution in [0, 0.1) is 11.4 Å². The molecule has 3 aromatic rings. The molecule has 1 aromatic carbocycles. The molecule has 0 saturated carbocycles. The normalized spacial score (nSPS) is 10.8. The zero-order valence-corrected chi connectivity index (χ0v) is 15.4. The minimum absolute atomic E-state index is 0.219. The summed E-state index contributed by atoms with van der Waals surface area (Å²) in [7, 11) is 0. The molecule has 0 fully saturated rings. The van der Waals surface area contributed by atoms with Crippen LogP contribution in [0.25, 0.3) is 10.2 Å². The molecular formula is C17H13ClN2O3S2. The van der Waals surface area contributed by atoms with Crippen molar-refractivity contribution in [1.82, 2.24) is 10.3 Å². The Bertz CT molecular complexity index is 1040. The lowest BCUT2D eigenvalue weighted by molar-refractivity contribution is 0.0701. The monoisotopic (exact) mass is 392 g/mol. The van der Waals surface area contributed by atoms with Crippen LogP contribution in [-0.2, 0) is 6.54 Å². The van der Waals surface area contributed by atoms with Gasteiger partial charge in [-0.15, -0.1) is 11.3 Å². The number of aromatic carboxylic acids is 1. The second-order valence-corrected chi connectivity index (χ2v) is 7.27. The van der Waals surface area contributed by atoms with Crippen molar-refractivity contribution < 1.29 is 14.7 Å². The zero-order chi connectivity index (χ0) is 18.1. The maximum atomic E-state index is 12.5. The van der Waals surface area contributed by atoms with Crippen LogP contribution in [0.15, 0.2) is 30.5 Å². The van der Waals surface area contributed by atoms with Gasteiger partial charge in [-0.1, -0.05) is 36.0 Å². The average molecular weight is 393 g/mol. The van der Waals surface area contributed by atoms with E-state index in [1.807, 2.05) is 12.1 Å². The number of carboxylic acids is 1. The molecule has 128 valence electrons. The Morgan fingerprint density at radius 2 is 2.00 bits per heavy atom. The van der Waals surface area contributed by atoms with Crippen LogP contribution >= 0.6 is 35.2 Å². The van der Waals surface area contributed by atoms with Gasteiger partial charge < -0.3 is 15.4 Å². The number of aromatic nitrogens is 1. The number of thiophene rings is 1. The van der Waals surface area contributed by atoms with Gasteiger partial charge in [0.05, 0.1) is 10.1 Å². The lowest BCUT2D eigenvalue weighted by atomic mass is 10.1. The van der Waals surface area contributed by atoms with Crippen LogP contribution < -0.4 is 5.32 Å². The van der Waals surface area contributed by atoms with E-state index in [0.717, 1.165) is 16.9 Å². The van der Waals surface area contributed by atoms with Crippen molar-refractivity contribution in [3.8, 4) is 0 Å². The summed E-state index contributed by atoms with van der Waals surface area (Å²) in [4.78, 5) is 27.6. The van der Waals surface area contributed by atoms with E-state index >= 15 is 0 Å². The first-order valence-corrected chi connectivity index (χ1v) is 8.89. The minimum Gasteiger partial charge on any atom is -0.477 e. The van der Waals surface area contributed by atoms with Crippen LogP contribution in [0.5, 0.6) is 0 Å². The number of benzene rings is 1. The maximum Gasteiger partial charge on any atom is 0.346 e. The van der Waals surface area contributed by atoms with Crippen molar-refractivity contribution in [3.63, 3.8) is 0 Å². The largest absolute Gasteiger partial charge is 0.477 e. The van der Waals surface area contributed by atoms with E-state index in [0.29, 0.717) is 37.4 Å². The fourth-order valence-electron chi connectivity index (χ4n) is 2.48. The van der Waals surface area contributed by atoms with E-state index in [4.69, 9.17) is 23.8 Å². The van der Waals surface area contributed by atoms with Crippen LogP contribution in [0.2, 0.25) is 5.02 Å². The van der Waals surface area contributed by atoms with E-state index in [-0.39, 0.29) is 10.8 Å². The van der Waals surface area contributed by atoms with E-state index in [1.165, 1.54) is 6.20 Å². The number of nitrogens with one attached hydrogen (secondary N) is 2. The summed E-state index contributed by atoms with van der Waals surface area (Å²) in [6.07, 6.45) is 1.52. The maximum absolute atomic E-state index is 12.5. The Morgan fingerprint density at radius 3 is 2.64 bits per heavy atom. The lowest BCUT2D eigenvalue weighted by Gasteiger charge is -2.06. The Balaban J connectivity index is 1.90. The van der Waals surface area contributed by atoms with E-state index < -0.39 is 5.97 Å². The predicted octanol–water partition coefficient (Wildman–Crippen LogP) is 4.55. The standard InChI is InChI=1S/C17H13ClN2O3S2/c1-8-12-13(24)11(7-20-16(12)25-14(8)17(22)23)15(21)19-6-9-2-4-10(18)5-3-9/h2-5,7H,6H2,1H3,(H,19,21)(H,20,24)(H,22,23). The van der Waals surface area contributed by atoms with Crippen molar-refractivity contribution in [2.24, 2.45) is 0 Å². The van der Waals surface area contributed by atoms with Gasteiger partial charge in [0.2, 0.25) is 0 Å². The third-order valence-electron chi connectivity index (χ3n) is 3.77. The number of fused-ring (bicyclic) bond motifs is 1. The topological polar surface area (TPSA) is 82.2 Å². The fraction of sp³-hybridized carbons (Fsp3) is 0.118. The number of H-pyrrole nitrogens is 1. The fourth-order valence-corrected chi connectivity index (χ4v) is 4.10. The highest BCUT2D eigenvalue weighted by atomic mass is 35.5. The molecule has 2 heterocycles. The third kappa shape index (κ3) is 3.44. The summed E-state index contributed by atoms with van der Waals surface area (Å²) in [6.45, 7) is 2.03. The summed E-state index contributed by atoms with van der Waals surface area (Å²) < 4.78 is 0.351. The first-order chi connectivity index (χ1) is 11.9. The molecule has 25 heavy (non-hydrogen) atoms. The van der Waals surface area contributed by atoms with Gasteiger partial charge in [0.1, 0.15) is 9.71 Å². The molecule has 0 spiro atoms. The molecule has 0 aliphatic rings. The smallest absolute Gasteiger partial charge is 0.346 e. The summed E-state index contributed by atoms with van der Waals surface area (Å²) in [6, 6.07) is 7.16. The molecule has 1 amide bonds. The molecule has 0 aliphatic carbocycles. The summed E-state index contributed by atoms with van der Waals surface area (Å²) in [5, 5.41) is 13.3. The molecular weight excluding hydrogens is 380 g/mol. The van der Waals surface area contributed by atoms with Gasteiger partial charge in [-0.25, -0.2) is 4.79 Å². The van der Waals surface area contributed by atoms with Gasteiger partial charge in [-0.05, 0) is 30.2 Å². The van der Waals surface area contributed by atoms with Crippen molar-refractivity contribution in [2.75, 3.05) is 0 Å². The average Bonchev–Trinajstić information content (AvgIpc) is 2.92. The van der Waals surface area contributed by atoms with Crippen LogP contribution in [0.4, 0.5) is 0 Å². The van der Waals surface area contributed by atoms with Gasteiger partial charge in [0.15, 0.2) is 0 Å². The van der Waals surface area contributed by atoms with Gasteiger partial charge in [0.25, 0.3) is 5.91 Å². The molecule has 3 rings (SSSR count). The Morgan fingerprint density at radius 1 is 1.32 bits per heavy atom. The van der Waals surface area contributed by atoms with Crippen LogP contribution in [-0.4, -0.2) is 22.0 Å². The summed E-state index contributed by atoms with van der Waals surface area (Å²) in [5.74, 6) is -1.32. The van der Waals surface area contributed by atoms with Crippen LogP contribution in [0.1, 0.15) is 31.2 Å². The van der Waals surface area contributed by atoms with Crippen molar-refractivity contribution in [1.29, 1.82) is 0 Å². The second kappa shape index (κ2) is 6.95. The summed E-state index contributed by atoms with van der Waals surface area (Å²) in [5.41, 5.74) is 1.80. The van der Waals surface area contributed by atoms with Crippen molar-refractivity contribution in [2.45, 2.75) is 13.5 Å². The summed E-state index contributed by atoms with van der Waals surface area (Å²) >= 11 is 12.4. The van der Waals surface area contributed by atoms with E-state index in [2.05, 4.69) is 10.3 Å². The quantitative estimate of drug-likeness (QED) is 0.569. The highest BCUT2D eigenvalue weighted by Crippen LogP contribution is 2.31. The number of carbonyl (C=O) groups is 2. The molecule has 0 atom stereocenters. The van der Waals surface area contributed by atoms with E-state index in [9.17, 15) is 14.7 Å². The van der Waals surface area contributed by atoms with Gasteiger partial charge >= 0.3 is 5.97 Å². The molecule has 0 unspecified atom stereocenters. The predicted molar refractivity (Wildman–Crippen MR) is 101 cm³/mol. The molecule has 0 saturated heterocycles. The Hall–Kier alpha value is -2.22. The first kappa shape index (κ1) is 17.6. The number of rotatable bonds is 4. The minimum atomic E-state index is -1.00. The zero-order valence-electron chi connectivity index (χ0n) is 13.1. The second-order valence-electron chi connectivity index (χ2n) is 5.41. The van der Waals surface area contributed by atoms with Gasteiger partial charge in [-0.3, -0.25) is 4.79 Å². The number of hydrogen-bond donors (Lipinski definition) is 3. The van der Waals surface area contributed by atoms with Gasteiger partial charge in [-0.2, -0.15) is 0 Å². The SMILES string of the molecule is Cc1c(C(=O)O)sc2[nH]cc(C(=O)NCc3ccc(Cl)cc3)c(=S)c12. The molecule has 8 heteroatoms. The highest BCUT2D eigenvalue weighted by Gasteiger charge is 2.18. The van der Waals surface area contributed by atoms with Crippen LogP contribution in [0.3, 0.4) is 0 Å². The molecule has 0 radical (unpaired) electrons. The number of carbonyl (C=O) groups excluding carboxylic acids is 1. The number of pyridine rings is 1. The Labute approximate surface area is 157 Å². The van der Waals surface area contributed by atoms with E-state index in [1.54, 1.807) is 19.1 Å². The lowest BCUT2D eigenvalue weighted by Crippen LogP contribution is -2.23. The number of aromatic amines is 1. The number of hydrogen-bond acceptors (Lipinski definition) is 4. The molecule has 0 bridgehead atoms. The number of halogens is 1. The molecule has 5 nitrogen and oxygen atoms in total. The highest BCUT2D eigenvalue weighted by molar-refractivity contribution is 7.71. The van der Waals surface area contributed by atoms with Crippen molar-refractivity contribution >= 4 is 57.2 Å². The molecule has 3 N–H and O–H groups in total. The Kier molecular flexibility index (Phi) is 4.89. The van der Waals surface area contributed by atoms with Crippen molar-refractivity contribution in [3.05, 3.63) is 61.6 Å². The number of amides is 1.